The summed E-state index contributed by atoms with van der Waals surface area (Å²) in [6.45, 7) is 4.88. The van der Waals surface area contributed by atoms with E-state index in [4.69, 9.17) is 4.74 Å². The number of aliphatic hydroxyl groups excluding tert-OH is 2. The van der Waals surface area contributed by atoms with Crippen molar-refractivity contribution in [2.75, 3.05) is 13.2 Å². The molecule has 3 N–H and O–H groups in total. The van der Waals surface area contributed by atoms with E-state index in [0.717, 1.165) is 57.8 Å². The van der Waals surface area contributed by atoms with Crippen LogP contribution < -0.4 is 5.32 Å². The number of rotatable bonds is 49. The maximum absolute atomic E-state index is 12.4. The Morgan fingerprint density at radius 2 is 0.780 bits per heavy atom. The number of aliphatic hydroxyl groups is 2. The van der Waals surface area contributed by atoms with Crippen LogP contribution in [0.5, 0.6) is 0 Å². The Bertz CT molecular complexity index is 878. The highest BCUT2D eigenvalue weighted by atomic mass is 16.5. The van der Waals surface area contributed by atoms with E-state index >= 15 is 0 Å². The Morgan fingerprint density at radius 1 is 0.458 bits per heavy atom. The van der Waals surface area contributed by atoms with E-state index < -0.39 is 12.1 Å². The monoisotopic (exact) mass is 834 g/mol. The van der Waals surface area contributed by atoms with Crippen LogP contribution in [-0.4, -0.2) is 47.4 Å². The lowest BCUT2D eigenvalue weighted by atomic mass is 10.0. The van der Waals surface area contributed by atoms with Gasteiger partial charge in [0.2, 0.25) is 5.91 Å². The van der Waals surface area contributed by atoms with Gasteiger partial charge in [0.1, 0.15) is 0 Å². The molecule has 2 atom stereocenters. The minimum Gasteiger partial charge on any atom is -0.466 e. The summed E-state index contributed by atoms with van der Waals surface area (Å²) in [5.74, 6) is -0.0910. The van der Waals surface area contributed by atoms with Crippen LogP contribution >= 0.6 is 0 Å². The average molecular weight is 834 g/mol. The number of nitrogens with one attached hydrogen (secondary N) is 1. The Hall–Kier alpha value is -1.40. The first-order valence-corrected chi connectivity index (χ1v) is 26.5. The second-order valence-corrected chi connectivity index (χ2v) is 18.2. The van der Waals surface area contributed by atoms with Gasteiger partial charge in [0.05, 0.1) is 25.4 Å². The Balaban J connectivity index is 3.50. The van der Waals surface area contributed by atoms with Crippen molar-refractivity contribution in [3.8, 4) is 0 Å². The number of carbonyl (C=O) groups is 2. The van der Waals surface area contributed by atoms with Gasteiger partial charge in [-0.2, -0.15) is 0 Å². The molecule has 1 amide bonds. The molecule has 59 heavy (non-hydrogen) atoms. The van der Waals surface area contributed by atoms with Crippen LogP contribution in [0.15, 0.2) is 12.2 Å². The third kappa shape index (κ3) is 45.9. The normalized spacial score (nSPS) is 12.7. The molecule has 0 aromatic rings. The number of hydrogen-bond acceptors (Lipinski definition) is 5. The second-order valence-electron chi connectivity index (χ2n) is 18.2. The predicted molar refractivity (Wildman–Crippen MR) is 255 cm³/mol. The largest absolute Gasteiger partial charge is 0.466 e. The minimum absolute atomic E-state index is 0.00974. The third-order valence-electron chi connectivity index (χ3n) is 12.3. The SMILES string of the molecule is CCCCCCCCCCCCCCCCCC/C=C/C(O)C(CO)NC(=O)CCCCCCCCCCCCCCOC(=O)CCCCCCCCCCCCCC. The second kappa shape index (κ2) is 49.3. The van der Waals surface area contributed by atoms with Crippen molar-refractivity contribution in [3.05, 3.63) is 12.2 Å². The highest BCUT2D eigenvalue weighted by molar-refractivity contribution is 5.76. The average Bonchev–Trinajstić information content (AvgIpc) is 3.24. The molecule has 6 nitrogen and oxygen atoms in total. The first-order chi connectivity index (χ1) is 29.0. The standard InChI is InChI=1S/C53H103NO5/c1-3-5-7-9-11-13-15-17-18-19-20-21-22-25-29-33-37-41-45-51(56)50(49-55)54-52(57)46-42-38-34-30-26-23-24-28-32-36-40-44-48-59-53(58)47-43-39-35-31-27-16-14-12-10-8-6-4-2/h41,45,50-51,55-56H,3-40,42-44,46-49H2,1-2H3,(H,54,57)/b45-41+. The molecule has 0 spiro atoms. The lowest BCUT2D eigenvalue weighted by Crippen LogP contribution is -2.45. The molecule has 0 aliphatic heterocycles. The van der Waals surface area contributed by atoms with Gasteiger partial charge in [0, 0.05) is 12.8 Å². The zero-order valence-electron chi connectivity index (χ0n) is 39.7. The van der Waals surface area contributed by atoms with Gasteiger partial charge >= 0.3 is 5.97 Å². The van der Waals surface area contributed by atoms with Gasteiger partial charge in [-0.25, -0.2) is 0 Å². The summed E-state index contributed by atoms with van der Waals surface area (Å²) < 4.78 is 5.45. The maximum Gasteiger partial charge on any atom is 0.305 e. The predicted octanol–water partition coefficient (Wildman–Crippen LogP) is 15.7. The molecule has 2 unspecified atom stereocenters. The van der Waals surface area contributed by atoms with Crippen molar-refractivity contribution < 1.29 is 24.5 Å². The molecule has 0 aromatic carbocycles. The fourth-order valence-corrected chi connectivity index (χ4v) is 8.22. The smallest absolute Gasteiger partial charge is 0.305 e. The quantitative estimate of drug-likeness (QED) is 0.0322. The van der Waals surface area contributed by atoms with E-state index in [9.17, 15) is 19.8 Å². The molecule has 0 aliphatic rings. The highest BCUT2D eigenvalue weighted by Gasteiger charge is 2.18. The minimum atomic E-state index is -0.853. The third-order valence-corrected chi connectivity index (χ3v) is 12.3. The molecule has 0 bridgehead atoms. The number of amides is 1. The van der Waals surface area contributed by atoms with Crippen LogP contribution in [0.25, 0.3) is 0 Å². The fourth-order valence-electron chi connectivity index (χ4n) is 8.22. The first kappa shape index (κ1) is 57.6. The van der Waals surface area contributed by atoms with Crippen LogP contribution in [-0.2, 0) is 14.3 Å². The van der Waals surface area contributed by atoms with E-state index in [1.807, 2.05) is 6.08 Å². The van der Waals surface area contributed by atoms with Crippen molar-refractivity contribution in [2.45, 2.75) is 302 Å². The van der Waals surface area contributed by atoms with E-state index in [-0.39, 0.29) is 18.5 Å². The number of esters is 1. The molecule has 0 saturated heterocycles. The van der Waals surface area contributed by atoms with Crippen molar-refractivity contribution in [1.29, 1.82) is 0 Å². The van der Waals surface area contributed by atoms with Crippen molar-refractivity contribution in [2.24, 2.45) is 0 Å². The Labute approximate surface area is 368 Å². The van der Waals surface area contributed by atoms with Gasteiger partial charge in [-0.05, 0) is 32.1 Å². The van der Waals surface area contributed by atoms with Crippen LogP contribution in [0.1, 0.15) is 290 Å². The van der Waals surface area contributed by atoms with Gasteiger partial charge in [-0.3, -0.25) is 9.59 Å². The number of hydrogen-bond donors (Lipinski definition) is 3. The fraction of sp³-hybridized carbons (Fsp3) is 0.925. The molecule has 6 heteroatoms. The topological polar surface area (TPSA) is 95.9 Å². The van der Waals surface area contributed by atoms with Crippen molar-refractivity contribution >= 4 is 11.9 Å². The lowest BCUT2D eigenvalue weighted by Gasteiger charge is -2.20. The summed E-state index contributed by atoms with van der Waals surface area (Å²) >= 11 is 0. The molecule has 0 aromatic heterocycles. The van der Waals surface area contributed by atoms with E-state index in [1.165, 1.54) is 205 Å². The lowest BCUT2D eigenvalue weighted by molar-refractivity contribution is -0.143. The van der Waals surface area contributed by atoms with Gasteiger partial charge in [0.25, 0.3) is 0 Å². The van der Waals surface area contributed by atoms with Gasteiger partial charge in [-0.1, -0.05) is 257 Å². The van der Waals surface area contributed by atoms with E-state index in [0.29, 0.717) is 19.4 Å². The molecular weight excluding hydrogens is 731 g/mol. The van der Waals surface area contributed by atoms with Crippen LogP contribution in [0, 0.1) is 0 Å². The van der Waals surface area contributed by atoms with Crippen LogP contribution in [0.2, 0.25) is 0 Å². The molecule has 350 valence electrons. The molecule has 0 rings (SSSR count). The summed E-state index contributed by atoms with van der Waals surface area (Å²) in [5.41, 5.74) is 0. The Kier molecular flexibility index (Phi) is 48.1. The van der Waals surface area contributed by atoms with E-state index in [2.05, 4.69) is 19.2 Å². The molecule has 0 aliphatic carbocycles. The number of unbranched alkanes of at least 4 members (excludes halogenated alkanes) is 38. The van der Waals surface area contributed by atoms with Gasteiger partial charge in [0.15, 0.2) is 0 Å². The maximum atomic E-state index is 12.4. The highest BCUT2D eigenvalue weighted by Crippen LogP contribution is 2.16. The molecular formula is C53H103NO5. The molecule has 0 saturated carbocycles. The molecule has 0 heterocycles. The number of allylic oxidation sites excluding steroid dienone is 1. The first-order valence-electron chi connectivity index (χ1n) is 26.5. The molecule has 0 radical (unpaired) electrons. The van der Waals surface area contributed by atoms with Gasteiger partial charge < -0.3 is 20.3 Å². The van der Waals surface area contributed by atoms with Crippen LogP contribution in [0.3, 0.4) is 0 Å². The van der Waals surface area contributed by atoms with E-state index in [1.54, 1.807) is 6.08 Å². The summed E-state index contributed by atoms with van der Waals surface area (Å²) in [5, 5.41) is 23.1. The number of carbonyl (C=O) groups excluding carboxylic acids is 2. The summed E-state index contributed by atoms with van der Waals surface area (Å²) in [7, 11) is 0. The number of ether oxygens (including phenoxy) is 1. The Morgan fingerprint density at radius 3 is 1.15 bits per heavy atom. The van der Waals surface area contributed by atoms with Crippen molar-refractivity contribution in [1.82, 2.24) is 5.32 Å². The van der Waals surface area contributed by atoms with Crippen LogP contribution in [0.4, 0.5) is 0 Å². The summed E-state index contributed by atoms with van der Waals surface area (Å²) in [6.07, 6.45) is 56.4. The zero-order chi connectivity index (χ0) is 43.0. The van der Waals surface area contributed by atoms with Gasteiger partial charge in [-0.15, -0.1) is 0 Å². The summed E-state index contributed by atoms with van der Waals surface area (Å²) in [4.78, 5) is 24.4. The zero-order valence-corrected chi connectivity index (χ0v) is 39.7. The summed E-state index contributed by atoms with van der Waals surface area (Å²) in [6, 6.07) is -0.638. The molecule has 0 fully saturated rings. The van der Waals surface area contributed by atoms with Crippen molar-refractivity contribution in [3.63, 3.8) is 0 Å².